The Morgan fingerprint density at radius 3 is 2.29 bits per heavy atom. The Morgan fingerprint density at radius 2 is 1.86 bits per heavy atom. The molecule has 1 unspecified atom stereocenters. The van der Waals surface area contributed by atoms with E-state index in [4.69, 9.17) is 0 Å². The molecule has 4 nitrogen and oxygen atoms in total. The predicted octanol–water partition coefficient (Wildman–Crippen LogP) is 2.17. The fourth-order valence-corrected chi connectivity index (χ4v) is 2.96. The largest absolute Gasteiger partial charge is 0.414 e. The fourth-order valence-electron chi connectivity index (χ4n) is 2.96. The van der Waals surface area contributed by atoms with Gasteiger partial charge in [-0.3, -0.25) is 9.58 Å². The van der Waals surface area contributed by atoms with E-state index >= 15 is 0 Å². The van der Waals surface area contributed by atoms with Crippen molar-refractivity contribution in [3.8, 4) is 0 Å². The molecule has 0 saturated carbocycles. The zero-order valence-corrected chi connectivity index (χ0v) is 12.6. The van der Waals surface area contributed by atoms with Gasteiger partial charge in [0.25, 0.3) is 0 Å². The zero-order valence-electron chi connectivity index (χ0n) is 12.6. The van der Waals surface area contributed by atoms with Crippen molar-refractivity contribution in [2.75, 3.05) is 13.1 Å². The normalized spacial score (nSPS) is 20.0. The van der Waals surface area contributed by atoms with E-state index in [-0.39, 0.29) is 0 Å². The number of piperidine rings is 1. The zero-order chi connectivity index (χ0) is 15.8. The lowest BCUT2D eigenvalue weighted by atomic mass is 9.90. The maximum Gasteiger partial charge on any atom is 0.414 e. The highest BCUT2D eigenvalue weighted by atomic mass is 19.4. The highest BCUT2D eigenvalue weighted by molar-refractivity contribution is 5.24. The lowest BCUT2D eigenvalue weighted by Gasteiger charge is -2.34. The highest BCUT2D eigenvalue weighted by Gasteiger charge is 2.44. The number of nitrogens with zero attached hydrogens (tertiary/aromatic N) is 3. The van der Waals surface area contributed by atoms with E-state index in [0.29, 0.717) is 32.5 Å². The van der Waals surface area contributed by atoms with Gasteiger partial charge in [-0.15, -0.1) is 0 Å². The van der Waals surface area contributed by atoms with Crippen LogP contribution in [0.2, 0.25) is 0 Å². The van der Waals surface area contributed by atoms with Crippen molar-refractivity contribution >= 4 is 0 Å². The van der Waals surface area contributed by atoms with Crippen molar-refractivity contribution in [2.45, 2.75) is 45.5 Å². The summed E-state index contributed by atoms with van der Waals surface area (Å²) in [4.78, 5) is 2.14. The number of hydrogen-bond donors (Lipinski definition) is 1. The maximum absolute atomic E-state index is 12.5. The van der Waals surface area contributed by atoms with E-state index in [9.17, 15) is 18.3 Å². The Kier molecular flexibility index (Phi) is 4.63. The summed E-state index contributed by atoms with van der Waals surface area (Å²) in [5.74, 6) is -0.683. The molecule has 1 aromatic rings. The summed E-state index contributed by atoms with van der Waals surface area (Å²) in [6.45, 7) is 5.80. The Morgan fingerprint density at radius 1 is 1.29 bits per heavy atom. The first kappa shape index (κ1) is 16.3. The number of aryl methyl sites for hydroxylation is 2. The van der Waals surface area contributed by atoms with Gasteiger partial charge in [0.2, 0.25) is 0 Å². The van der Waals surface area contributed by atoms with Gasteiger partial charge in [0, 0.05) is 24.8 Å². The van der Waals surface area contributed by atoms with Crippen molar-refractivity contribution in [1.29, 1.82) is 0 Å². The second-order valence-corrected chi connectivity index (χ2v) is 5.87. The second-order valence-electron chi connectivity index (χ2n) is 5.87. The number of alkyl halides is 3. The Bertz CT molecular complexity index is 490. The molecule has 1 atom stereocenters. The molecule has 120 valence electrons. The molecule has 0 aromatic carbocycles. The van der Waals surface area contributed by atoms with Gasteiger partial charge in [0.1, 0.15) is 0 Å². The molecule has 0 amide bonds. The minimum atomic E-state index is -4.51. The van der Waals surface area contributed by atoms with Crippen molar-refractivity contribution in [3.63, 3.8) is 0 Å². The summed E-state index contributed by atoms with van der Waals surface area (Å²) >= 11 is 0. The highest BCUT2D eigenvalue weighted by Crippen LogP contribution is 2.32. The molecular weight excluding hydrogens is 283 g/mol. The van der Waals surface area contributed by atoms with Crippen molar-refractivity contribution in [2.24, 2.45) is 13.0 Å². The number of halogens is 3. The molecule has 2 heterocycles. The van der Waals surface area contributed by atoms with Crippen molar-refractivity contribution < 1.29 is 18.3 Å². The Labute approximate surface area is 122 Å². The van der Waals surface area contributed by atoms with Crippen molar-refractivity contribution in [3.05, 3.63) is 17.0 Å². The quantitative estimate of drug-likeness (QED) is 0.930. The van der Waals surface area contributed by atoms with E-state index in [1.165, 1.54) is 0 Å². The number of likely N-dealkylation sites (tertiary alicyclic amines) is 1. The fraction of sp³-hybridized carbons (Fsp3) is 0.786. The molecular formula is C14H22F3N3O. The number of aliphatic hydroxyl groups excluding tert-OH is 1. The van der Waals surface area contributed by atoms with Gasteiger partial charge in [0.15, 0.2) is 6.10 Å². The molecule has 0 aliphatic carbocycles. The van der Waals surface area contributed by atoms with Gasteiger partial charge in [-0.05, 0) is 45.7 Å². The van der Waals surface area contributed by atoms with Crippen LogP contribution in [0.3, 0.4) is 0 Å². The van der Waals surface area contributed by atoms with E-state index in [1.54, 1.807) is 0 Å². The summed E-state index contributed by atoms with van der Waals surface area (Å²) < 4.78 is 39.4. The van der Waals surface area contributed by atoms with Gasteiger partial charge < -0.3 is 5.11 Å². The van der Waals surface area contributed by atoms with Gasteiger partial charge in [-0.1, -0.05) is 0 Å². The third-order valence-electron chi connectivity index (χ3n) is 4.45. The number of aromatic nitrogens is 2. The predicted molar refractivity (Wildman–Crippen MR) is 72.7 cm³/mol. The third-order valence-corrected chi connectivity index (χ3v) is 4.45. The summed E-state index contributed by atoms with van der Waals surface area (Å²) in [6.07, 6.45) is -5.96. The maximum atomic E-state index is 12.5. The van der Waals surface area contributed by atoms with Gasteiger partial charge >= 0.3 is 6.18 Å². The molecule has 0 spiro atoms. The van der Waals surface area contributed by atoms with Crippen LogP contribution >= 0.6 is 0 Å². The number of rotatable bonds is 3. The van der Waals surface area contributed by atoms with Crippen molar-refractivity contribution in [1.82, 2.24) is 14.7 Å². The topological polar surface area (TPSA) is 41.3 Å². The minimum Gasteiger partial charge on any atom is -0.383 e. The molecule has 0 bridgehead atoms. The molecule has 1 saturated heterocycles. The van der Waals surface area contributed by atoms with Crippen LogP contribution in [-0.4, -0.2) is 45.2 Å². The van der Waals surface area contributed by atoms with Gasteiger partial charge in [0.05, 0.1) is 5.69 Å². The molecule has 2 rings (SSSR count). The van der Waals surface area contributed by atoms with Gasteiger partial charge in [-0.2, -0.15) is 18.3 Å². The minimum absolute atomic E-state index is 0.374. The monoisotopic (exact) mass is 305 g/mol. The standard InChI is InChI=1S/C14H22F3N3O/c1-9-12(10(2)19(3)18-9)8-20-6-4-11(5-7-20)13(21)14(15,16)17/h11,13,21H,4-8H2,1-3H3. The van der Waals surface area contributed by atoms with E-state index < -0.39 is 18.2 Å². The first-order chi connectivity index (χ1) is 9.70. The molecule has 1 N–H and O–H groups in total. The Balaban J connectivity index is 1.93. The third kappa shape index (κ3) is 3.58. The van der Waals surface area contributed by atoms with Crippen LogP contribution in [0, 0.1) is 19.8 Å². The molecule has 1 fully saturated rings. The van der Waals surface area contributed by atoms with E-state index in [1.807, 2.05) is 25.6 Å². The second kappa shape index (κ2) is 5.96. The van der Waals surface area contributed by atoms with Crippen LogP contribution in [0.5, 0.6) is 0 Å². The van der Waals surface area contributed by atoms with Crippen LogP contribution in [0.15, 0.2) is 0 Å². The van der Waals surface area contributed by atoms with E-state index in [0.717, 1.165) is 17.0 Å². The molecule has 1 aliphatic heterocycles. The molecule has 1 aliphatic rings. The summed E-state index contributed by atoms with van der Waals surface area (Å²) in [6, 6.07) is 0. The lowest BCUT2D eigenvalue weighted by Crippen LogP contribution is -2.43. The number of aliphatic hydroxyl groups is 1. The van der Waals surface area contributed by atoms with E-state index in [2.05, 4.69) is 10.00 Å². The average molecular weight is 305 g/mol. The summed E-state index contributed by atoms with van der Waals surface area (Å²) in [7, 11) is 1.89. The average Bonchev–Trinajstić information content (AvgIpc) is 2.64. The Hall–Kier alpha value is -1.08. The lowest BCUT2D eigenvalue weighted by molar-refractivity contribution is -0.223. The smallest absolute Gasteiger partial charge is 0.383 e. The number of hydrogen-bond acceptors (Lipinski definition) is 3. The van der Waals surface area contributed by atoms with Crippen LogP contribution in [-0.2, 0) is 13.6 Å². The van der Waals surface area contributed by atoms with Crippen LogP contribution in [0.1, 0.15) is 29.8 Å². The van der Waals surface area contributed by atoms with Crippen LogP contribution in [0.25, 0.3) is 0 Å². The molecule has 21 heavy (non-hydrogen) atoms. The van der Waals surface area contributed by atoms with Gasteiger partial charge in [-0.25, -0.2) is 0 Å². The SMILES string of the molecule is Cc1nn(C)c(C)c1CN1CCC(C(O)C(F)(F)F)CC1. The first-order valence-corrected chi connectivity index (χ1v) is 7.16. The first-order valence-electron chi connectivity index (χ1n) is 7.16. The molecule has 1 aromatic heterocycles. The summed E-state index contributed by atoms with van der Waals surface area (Å²) in [5.41, 5.74) is 3.20. The van der Waals surface area contributed by atoms with Crippen LogP contribution in [0.4, 0.5) is 13.2 Å². The van der Waals surface area contributed by atoms with Crippen LogP contribution < -0.4 is 0 Å². The molecule has 0 radical (unpaired) electrons. The molecule has 7 heteroatoms. The summed E-state index contributed by atoms with van der Waals surface area (Å²) in [5, 5.41) is 13.7.